The maximum Gasteiger partial charge on any atom is 0.327 e. The number of hydrogen-bond acceptors (Lipinski definition) is 4. The minimum Gasteiger partial charge on any atom is -0.858 e. The molecule has 3 aromatic rings. The molecule has 0 atom stereocenters. The van der Waals surface area contributed by atoms with Gasteiger partial charge in [-0.15, -0.1) is 0 Å². The summed E-state index contributed by atoms with van der Waals surface area (Å²) in [5.74, 6) is -1.75. The van der Waals surface area contributed by atoms with E-state index in [0.29, 0.717) is 17.8 Å². The van der Waals surface area contributed by atoms with E-state index in [9.17, 15) is 19.1 Å². The van der Waals surface area contributed by atoms with Gasteiger partial charge in [-0.05, 0) is 61.4 Å². The highest BCUT2D eigenvalue weighted by Gasteiger charge is 2.49. The van der Waals surface area contributed by atoms with Crippen LogP contribution < -0.4 is 9.67 Å². The Hall–Kier alpha value is -3.81. The molecule has 2 aliphatic rings. The number of aromatic nitrogens is 3. The molecule has 0 N–H and O–H groups in total. The van der Waals surface area contributed by atoms with E-state index in [1.165, 1.54) is 33.8 Å². The monoisotopic (exact) mass is 488 g/mol. The summed E-state index contributed by atoms with van der Waals surface area (Å²) in [5.41, 5.74) is 2.33. The van der Waals surface area contributed by atoms with Crippen molar-refractivity contribution in [3.8, 4) is 11.6 Å². The van der Waals surface area contributed by atoms with Gasteiger partial charge in [-0.1, -0.05) is 33.1 Å². The number of carbonyl (C=O) groups is 2. The van der Waals surface area contributed by atoms with Gasteiger partial charge in [-0.25, -0.2) is 9.07 Å². The molecule has 0 radical (unpaired) electrons. The molecular formula is C28H29FN4O3. The third-order valence-electron chi connectivity index (χ3n) is 7.17. The summed E-state index contributed by atoms with van der Waals surface area (Å²) < 4.78 is 16.3. The molecule has 2 aromatic heterocycles. The molecule has 0 saturated heterocycles. The van der Waals surface area contributed by atoms with Crippen LogP contribution in [0.2, 0.25) is 0 Å². The Bertz CT molecular complexity index is 1340. The van der Waals surface area contributed by atoms with Gasteiger partial charge in [0, 0.05) is 23.7 Å². The molecule has 1 fully saturated rings. The highest BCUT2D eigenvalue weighted by molar-refractivity contribution is 6.45. The molecule has 1 aromatic carbocycles. The van der Waals surface area contributed by atoms with Gasteiger partial charge >= 0.3 is 5.91 Å². The number of rotatable bonds is 6. The van der Waals surface area contributed by atoms with Crippen LogP contribution in [0.3, 0.4) is 0 Å². The van der Waals surface area contributed by atoms with Crippen molar-refractivity contribution >= 4 is 23.1 Å². The number of imide groups is 1. The summed E-state index contributed by atoms with van der Waals surface area (Å²) in [4.78, 5) is 29.1. The molecule has 0 bridgehead atoms. The quantitative estimate of drug-likeness (QED) is 0.392. The molecular weight excluding hydrogens is 459 g/mol. The predicted molar refractivity (Wildman–Crippen MR) is 130 cm³/mol. The Balaban J connectivity index is 1.70. The zero-order valence-electron chi connectivity index (χ0n) is 20.5. The number of aryl methyl sites for hydroxylation is 2. The Morgan fingerprint density at radius 2 is 1.64 bits per heavy atom. The van der Waals surface area contributed by atoms with Crippen molar-refractivity contribution in [2.75, 3.05) is 0 Å². The van der Waals surface area contributed by atoms with Gasteiger partial charge in [-0.3, -0.25) is 14.5 Å². The van der Waals surface area contributed by atoms with Crippen LogP contribution in [0.25, 0.3) is 17.0 Å². The summed E-state index contributed by atoms with van der Waals surface area (Å²) in [6.07, 6.45) is 9.29. The van der Waals surface area contributed by atoms with E-state index in [-0.39, 0.29) is 28.8 Å². The molecule has 1 aliphatic carbocycles. The number of amides is 2. The van der Waals surface area contributed by atoms with Crippen LogP contribution in [0.1, 0.15) is 62.8 Å². The third kappa shape index (κ3) is 4.00. The summed E-state index contributed by atoms with van der Waals surface area (Å²) >= 11 is 0. The molecule has 1 saturated carbocycles. The van der Waals surface area contributed by atoms with Crippen molar-refractivity contribution < 1.29 is 23.7 Å². The highest BCUT2D eigenvalue weighted by Crippen LogP contribution is 2.39. The van der Waals surface area contributed by atoms with Crippen LogP contribution in [0.15, 0.2) is 48.8 Å². The minimum atomic E-state index is -0.497. The lowest BCUT2D eigenvalue weighted by Crippen LogP contribution is -2.45. The molecule has 8 heteroatoms. The molecule has 7 nitrogen and oxygen atoms in total. The van der Waals surface area contributed by atoms with Crippen LogP contribution in [-0.4, -0.2) is 32.5 Å². The first-order chi connectivity index (χ1) is 17.4. The maximum atomic E-state index is 13.9. The van der Waals surface area contributed by atoms with Crippen molar-refractivity contribution in [3.63, 3.8) is 0 Å². The van der Waals surface area contributed by atoms with Crippen LogP contribution in [0, 0.1) is 5.82 Å². The fraction of sp³-hybridized carbons (Fsp3) is 0.357. The zero-order valence-corrected chi connectivity index (χ0v) is 20.5. The molecule has 0 spiro atoms. The average molecular weight is 489 g/mol. The van der Waals surface area contributed by atoms with Gasteiger partial charge in [0.1, 0.15) is 11.4 Å². The fourth-order valence-electron chi connectivity index (χ4n) is 5.21. The van der Waals surface area contributed by atoms with Crippen molar-refractivity contribution in [1.29, 1.82) is 0 Å². The first-order valence-electron chi connectivity index (χ1n) is 12.6. The number of carbonyl (C=O) groups excluding carboxylic acids is 2. The van der Waals surface area contributed by atoms with Gasteiger partial charge < -0.3 is 5.11 Å². The number of halogens is 1. The Kier molecular flexibility index (Phi) is 6.43. The number of hydrogen-bond donors (Lipinski definition) is 0. The largest absolute Gasteiger partial charge is 0.858 e. The summed E-state index contributed by atoms with van der Waals surface area (Å²) in [6.45, 7) is 3.89. The molecule has 36 heavy (non-hydrogen) atoms. The number of pyridine rings is 1. The second-order valence-corrected chi connectivity index (χ2v) is 9.33. The van der Waals surface area contributed by atoms with Crippen molar-refractivity contribution in [3.05, 3.63) is 71.4 Å². The zero-order chi connectivity index (χ0) is 25.4. The van der Waals surface area contributed by atoms with E-state index in [4.69, 9.17) is 0 Å². The third-order valence-corrected chi connectivity index (χ3v) is 7.17. The van der Waals surface area contributed by atoms with E-state index in [2.05, 4.69) is 5.10 Å². The van der Waals surface area contributed by atoms with Crippen molar-refractivity contribution in [1.82, 2.24) is 14.7 Å². The first-order valence-corrected chi connectivity index (χ1v) is 12.6. The molecule has 0 unspecified atom stereocenters. The van der Waals surface area contributed by atoms with E-state index in [1.54, 1.807) is 17.0 Å². The van der Waals surface area contributed by atoms with Gasteiger partial charge in [0.05, 0.1) is 11.4 Å². The number of benzene rings is 1. The summed E-state index contributed by atoms with van der Waals surface area (Å²) in [5, 5.41) is 18.2. The molecule has 2 amide bonds. The molecule has 186 valence electrons. The lowest BCUT2D eigenvalue weighted by Gasteiger charge is -2.29. The van der Waals surface area contributed by atoms with Crippen LogP contribution in [0.5, 0.6) is 5.88 Å². The van der Waals surface area contributed by atoms with Crippen LogP contribution in [0.4, 0.5) is 4.39 Å². The average Bonchev–Trinajstić information content (AvgIpc) is 3.36. The van der Waals surface area contributed by atoms with Gasteiger partial charge in [0.15, 0.2) is 12.4 Å². The smallest absolute Gasteiger partial charge is 0.327 e. The SMILES string of the molecule is CCc1cc[n+](C2=C(c3c(CC)nn(-c4ccc(F)cc4)c3[O-])C(=O)N(C3CCCCC3)C2=O)cc1. The lowest BCUT2D eigenvalue weighted by molar-refractivity contribution is -0.577. The summed E-state index contributed by atoms with van der Waals surface area (Å²) in [6, 6.07) is 9.08. The topological polar surface area (TPSA) is 82.1 Å². The van der Waals surface area contributed by atoms with Crippen LogP contribution in [-0.2, 0) is 22.4 Å². The van der Waals surface area contributed by atoms with Crippen molar-refractivity contribution in [2.24, 2.45) is 0 Å². The Morgan fingerprint density at radius 1 is 0.972 bits per heavy atom. The van der Waals surface area contributed by atoms with Crippen molar-refractivity contribution in [2.45, 2.75) is 64.8 Å². The van der Waals surface area contributed by atoms with E-state index >= 15 is 0 Å². The molecule has 1 aliphatic heterocycles. The maximum absolute atomic E-state index is 13.9. The van der Waals surface area contributed by atoms with Gasteiger partial charge in [-0.2, -0.15) is 9.67 Å². The van der Waals surface area contributed by atoms with Gasteiger partial charge in [0.25, 0.3) is 11.6 Å². The second-order valence-electron chi connectivity index (χ2n) is 9.33. The Labute approximate surface area is 209 Å². The fourth-order valence-corrected chi connectivity index (χ4v) is 5.21. The number of nitrogens with zero attached hydrogens (tertiary/aromatic N) is 4. The second kappa shape index (κ2) is 9.68. The first kappa shape index (κ1) is 23.9. The van der Waals surface area contributed by atoms with Gasteiger partial charge in [0.2, 0.25) is 0 Å². The molecule has 5 rings (SSSR count). The Morgan fingerprint density at radius 3 is 2.25 bits per heavy atom. The summed E-state index contributed by atoms with van der Waals surface area (Å²) in [7, 11) is 0. The van der Waals surface area contributed by atoms with E-state index in [0.717, 1.165) is 44.1 Å². The predicted octanol–water partition coefficient (Wildman–Crippen LogP) is 3.57. The van der Waals surface area contributed by atoms with E-state index in [1.807, 2.05) is 26.0 Å². The highest BCUT2D eigenvalue weighted by atomic mass is 19.1. The lowest BCUT2D eigenvalue weighted by atomic mass is 9.94. The standard InChI is InChI=1S/C28H29FN4O3/c1-3-18-14-16-31(17-15-18)25-24(26(34)32(28(25)36)20-8-6-5-7-9-20)23-22(4-2)30-33(27(23)35)21-12-10-19(29)11-13-21/h10-17,20H,3-9H2,1-2H3. The normalized spacial score (nSPS) is 16.9. The minimum absolute atomic E-state index is 0.0926. The molecule has 3 heterocycles. The van der Waals surface area contributed by atoms with Crippen LogP contribution >= 0.6 is 0 Å². The van der Waals surface area contributed by atoms with E-state index < -0.39 is 17.6 Å².